The molecule has 0 saturated carbocycles. The molecule has 4 nitrogen and oxygen atoms in total. The Labute approximate surface area is 106 Å². The second-order valence-corrected chi connectivity index (χ2v) is 3.58. The van der Waals surface area contributed by atoms with Crippen molar-refractivity contribution in [3.63, 3.8) is 0 Å². The van der Waals surface area contributed by atoms with Crippen molar-refractivity contribution >= 4 is 16.4 Å². The molecule has 2 heterocycles. The molecule has 0 saturated heterocycles. The molecule has 0 aliphatic heterocycles. The summed E-state index contributed by atoms with van der Waals surface area (Å²) in [5.41, 5.74) is 3.04. The molecule has 16 heavy (non-hydrogen) atoms. The van der Waals surface area contributed by atoms with Crippen LogP contribution in [0.4, 0.5) is 0 Å². The molecule has 0 aliphatic carbocycles. The Morgan fingerprint density at radius 3 is 2.94 bits per heavy atom. The molecule has 5 heteroatoms. The number of nitrogens with zero attached hydrogens (tertiary/aromatic N) is 4. The maximum Gasteiger partial charge on any atom is 0.104 e. The van der Waals surface area contributed by atoms with Crippen LogP contribution in [-0.2, 0) is 20.1 Å². The van der Waals surface area contributed by atoms with Gasteiger partial charge in [-0.1, -0.05) is 10.9 Å². The van der Waals surface area contributed by atoms with E-state index in [-0.39, 0.29) is 20.1 Å². The first-order valence-electron chi connectivity index (χ1n) is 4.76. The quantitative estimate of drug-likeness (QED) is 0.550. The Morgan fingerprint density at radius 2 is 2.12 bits per heavy atom. The van der Waals surface area contributed by atoms with Crippen LogP contribution in [0.5, 0.6) is 0 Å². The third kappa shape index (κ3) is 1.36. The third-order valence-electron chi connectivity index (χ3n) is 2.81. The molecule has 0 spiro atoms. The van der Waals surface area contributed by atoms with Gasteiger partial charge in [-0.15, -0.1) is 29.7 Å². The fourth-order valence-electron chi connectivity index (χ4n) is 1.86. The summed E-state index contributed by atoms with van der Waals surface area (Å²) in [4.78, 5) is 0. The van der Waals surface area contributed by atoms with Crippen LogP contribution >= 0.6 is 0 Å². The van der Waals surface area contributed by atoms with Crippen LogP contribution in [0.1, 0.15) is 11.3 Å². The van der Waals surface area contributed by atoms with Crippen molar-refractivity contribution in [2.24, 2.45) is 0 Å². The van der Waals surface area contributed by atoms with Crippen LogP contribution in [-0.4, -0.2) is 20.0 Å². The van der Waals surface area contributed by atoms with Crippen LogP contribution in [0.2, 0.25) is 0 Å². The van der Waals surface area contributed by atoms with Crippen molar-refractivity contribution in [3.05, 3.63) is 35.5 Å². The summed E-state index contributed by atoms with van der Waals surface area (Å²) in [6, 6.07) is 9.12. The van der Waals surface area contributed by atoms with E-state index in [9.17, 15) is 0 Å². The van der Waals surface area contributed by atoms with Crippen molar-refractivity contribution < 1.29 is 20.1 Å². The first-order chi connectivity index (χ1) is 7.29. The summed E-state index contributed by atoms with van der Waals surface area (Å²) in [5, 5.41) is 13.8. The summed E-state index contributed by atoms with van der Waals surface area (Å²) in [5.74, 6) is 0. The van der Waals surface area contributed by atoms with Gasteiger partial charge in [0.25, 0.3) is 0 Å². The van der Waals surface area contributed by atoms with Crippen LogP contribution in [0.15, 0.2) is 18.2 Å². The topological polar surface area (TPSA) is 43.1 Å². The van der Waals surface area contributed by atoms with Gasteiger partial charge in [-0.05, 0) is 24.3 Å². The Kier molecular flexibility index (Phi) is 2.74. The maximum absolute atomic E-state index is 4.02. The summed E-state index contributed by atoms with van der Waals surface area (Å²) in [7, 11) is 0. The van der Waals surface area contributed by atoms with Gasteiger partial charge in [0.15, 0.2) is 0 Å². The average molecular weight is 389 g/mol. The maximum atomic E-state index is 4.02. The van der Waals surface area contributed by atoms with Crippen molar-refractivity contribution in [1.29, 1.82) is 0 Å². The van der Waals surface area contributed by atoms with E-state index in [1.165, 1.54) is 5.56 Å². The van der Waals surface area contributed by atoms with Gasteiger partial charge in [-0.2, -0.15) is 5.10 Å². The van der Waals surface area contributed by atoms with Crippen LogP contribution in [0.25, 0.3) is 16.4 Å². The number of pyridine rings is 1. The predicted octanol–water partition coefficient (Wildman–Crippen LogP) is 1.69. The number of hydrogen-bond donors (Lipinski definition) is 0. The van der Waals surface area contributed by atoms with E-state index >= 15 is 0 Å². The van der Waals surface area contributed by atoms with E-state index in [4.69, 9.17) is 0 Å². The Morgan fingerprint density at radius 1 is 1.31 bits per heavy atom. The number of benzene rings is 1. The Bertz CT molecular complexity index is 659. The molecule has 2 aromatic heterocycles. The van der Waals surface area contributed by atoms with E-state index < -0.39 is 0 Å². The molecule has 0 atom stereocenters. The molecule has 83 valence electrons. The molecule has 3 aromatic rings. The van der Waals surface area contributed by atoms with E-state index in [0.29, 0.717) is 0 Å². The molecular formula is C11H9IrN4-. The van der Waals surface area contributed by atoms with Gasteiger partial charge in [0.2, 0.25) is 0 Å². The smallest absolute Gasteiger partial charge is 0.104 e. The molecule has 3 rings (SSSR count). The van der Waals surface area contributed by atoms with Gasteiger partial charge < -0.3 is 0 Å². The van der Waals surface area contributed by atoms with Crippen molar-refractivity contribution in [3.8, 4) is 0 Å². The zero-order chi connectivity index (χ0) is 10.4. The summed E-state index contributed by atoms with van der Waals surface area (Å²) >= 11 is 0. The third-order valence-corrected chi connectivity index (χ3v) is 2.81. The minimum absolute atomic E-state index is 0. The molecule has 0 amide bonds. The molecule has 0 aliphatic rings. The monoisotopic (exact) mass is 390 g/mol. The average Bonchev–Trinajstić information content (AvgIpc) is 2.75. The largest absolute Gasteiger partial charge is 0.238 e. The molecule has 1 aromatic carbocycles. The van der Waals surface area contributed by atoms with Crippen molar-refractivity contribution in [2.45, 2.75) is 13.8 Å². The van der Waals surface area contributed by atoms with Crippen molar-refractivity contribution in [2.75, 3.05) is 0 Å². The van der Waals surface area contributed by atoms with E-state index in [0.717, 1.165) is 22.1 Å². The number of hydrogen-bond acceptors (Lipinski definition) is 3. The van der Waals surface area contributed by atoms with Gasteiger partial charge in [0, 0.05) is 25.8 Å². The fourth-order valence-corrected chi connectivity index (χ4v) is 1.86. The summed E-state index contributed by atoms with van der Waals surface area (Å²) in [6.45, 7) is 4.10. The van der Waals surface area contributed by atoms with Gasteiger partial charge in [-0.25, -0.2) is 4.52 Å². The van der Waals surface area contributed by atoms with E-state index in [1.54, 1.807) is 4.52 Å². The molecule has 0 N–H and O–H groups in total. The van der Waals surface area contributed by atoms with Gasteiger partial charge in [-0.3, -0.25) is 0 Å². The standard InChI is InChI=1S/C11H9N4.Ir/c1-7-8(2)15-11(12-13-14-15)10-6-4-3-5-9(7)10;/h3-5H,1-2H3;/q-1;. The number of tetrazole rings is 1. The zero-order valence-corrected chi connectivity index (χ0v) is 11.2. The molecular weight excluding hydrogens is 380 g/mol. The van der Waals surface area contributed by atoms with E-state index in [1.807, 2.05) is 19.1 Å². The SMILES string of the molecule is Cc1c(C)n2nnnc2c2[c-]cccc12.[Ir]. The summed E-state index contributed by atoms with van der Waals surface area (Å²) in [6.07, 6.45) is 0. The zero-order valence-electron chi connectivity index (χ0n) is 8.85. The predicted molar refractivity (Wildman–Crippen MR) is 56.6 cm³/mol. The Hall–Kier alpha value is -1.32. The van der Waals surface area contributed by atoms with Crippen molar-refractivity contribution in [1.82, 2.24) is 20.0 Å². The van der Waals surface area contributed by atoms with Gasteiger partial charge in [0.05, 0.1) is 0 Å². The van der Waals surface area contributed by atoms with Crippen LogP contribution in [0, 0.1) is 19.9 Å². The Balaban J connectivity index is 0.000000963. The minimum atomic E-state index is 0. The number of fused-ring (bicyclic) bond motifs is 3. The number of aromatic nitrogens is 4. The normalized spacial score (nSPS) is 10.6. The number of rotatable bonds is 0. The summed E-state index contributed by atoms with van der Waals surface area (Å²) < 4.78 is 1.76. The molecule has 1 radical (unpaired) electrons. The second-order valence-electron chi connectivity index (χ2n) is 3.58. The fraction of sp³-hybridized carbons (Fsp3) is 0.182. The first-order valence-corrected chi connectivity index (χ1v) is 4.76. The van der Waals surface area contributed by atoms with Crippen LogP contribution < -0.4 is 0 Å². The van der Waals surface area contributed by atoms with E-state index in [2.05, 4.69) is 34.6 Å². The van der Waals surface area contributed by atoms with Gasteiger partial charge >= 0.3 is 0 Å². The molecule has 0 bridgehead atoms. The first kappa shape index (κ1) is 11.2. The van der Waals surface area contributed by atoms with Crippen LogP contribution in [0.3, 0.4) is 0 Å². The van der Waals surface area contributed by atoms with Gasteiger partial charge in [0.1, 0.15) is 5.65 Å². The minimum Gasteiger partial charge on any atom is -0.238 e. The molecule has 0 unspecified atom stereocenters. The second kappa shape index (κ2) is 3.92. The number of aryl methyl sites for hydroxylation is 2. The molecule has 0 fully saturated rings.